The molecule has 0 aliphatic heterocycles. The maximum Gasteiger partial charge on any atom is 0.292 e. The molecule has 1 N–H and O–H groups in total. The minimum absolute atomic E-state index is 0.646. The molecule has 4 heteroatoms. The maximum atomic E-state index is 6.63. The Balaban J connectivity index is 2.03. The van der Waals surface area contributed by atoms with E-state index in [4.69, 9.17) is 23.2 Å². The van der Waals surface area contributed by atoms with Gasteiger partial charge in [-0.25, -0.2) is 5.32 Å². The van der Waals surface area contributed by atoms with Crippen LogP contribution >= 0.6 is 23.2 Å². The van der Waals surface area contributed by atoms with Crippen molar-refractivity contribution in [2.75, 3.05) is 5.32 Å². The molecule has 0 fully saturated rings. The molecule has 0 atom stereocenters. The highest BCUT2D eigenvalue weighted by molar-refractivity contribution is 6.34. The van der Waals surface area contributed by atoms with Gasteiger partial charge >= 0.3 is 0 Å². The summed E-state index contributed by atoms with van der Waals surface area (Å²) < 4.78 is 2.11. The fourth-order valence-corrected chi connectivity index (χ4v) is 3.55. The van der Waals surface area contributed by atoms with Crippen molar-refractivity contribution in [2.24, 2.45) is 0 Å². The van der Waals surface area contributed by atoms with Crippen LogP contribution in [-0.2, 0) is 0 Å². The number of hydrogen-bond acceptors (Lipinski definition) is 0. The molecule has 4 rings (SSSR count). The van der Waals surface area contributed by atoms with E-state index in [-0.39, 0.29) is 0 Å². The van der Waals surface area contributed by atoms with Gasteiger partial charge in [-0.3, -0.25) is 0 Å². The normalized spacial score (nSPS) is 11.7. The Morgan fingerprint density at radius 1 is 0.586 bits per heavy atom. The van der Waals surface area contributed by atoms with Gasteiger partial charge in [0, 0.05) is 0 Å². The number of benzene rings is 4. The first kappa shape index (κ1) is 19.3. The van der Waals surface area contributed by atoms with E-state index in [1.807, 2.05) is 84.9 Å². The molecule has 0 saturated carbocycles. The highest BCUT2D eigenvalue weighted by Gasteiger charge is 2.23. The first-order valence-corrected chi connectivity index (χ1v) is 10.0. The number of nitrogens with one attached hydrogen (secondary N) is 1. The Hall–Kier alpha value is -3.07. The third-order valence-electron chi connectivity index (χ3n) is 4.51. The molecule has 4 aromatic carbocycles. The molecule has 0 saturated heterocycles. The minimum atomic E-state index is 0.646. The van der Waals surface area contributed by atoms with Gasteiger partial charge in [-0.1, -0.05) is 83.9 Å². The Kier molecular flexibility index (Phi) is 5.95. The van der Waals surface area contributed by atoms with Gasteiger partial charge in [0.2, 0.25) is 0 Å². The molecule has 0 bridgehead atoms. The average molecular weight is 418 g/mol. The Morgan fingerprint density at radius 3 is 1.79 bits per heavy atom. The molecule has 142 valence electrons. The van der Waals surface area contributed by atoms with Gasteiger partial charge in [0.1, 0.15) is 11.4 Å². The van der Waals surface area contributed by atoms with Gasteiger partial charge in [0.05, 0.1) is 15.6 Å². The van der Waals surface area contributed by atoms with Crippen LogP contribution in [0.1, 0.15) is 5.56 Å². The van der Waals surface area contributed by atoms with E-state index in [0.717, 1.165) is 28.5 Å². The lowest BCUT2D eigenvalue weighted by atomic mass is 10.1. The Morgan fingerprint density at radius 2 is 1.14 bits per heavy atom. The van der Waals surface area contributed by atoms with E-state index < -0.39 is 0 Å². The van der Waals surface area contributed by atoms with Crippen molar-refractivity contribution in [3.63, 3.8) is 0 Å². The van der Waals surface area contributed by atoms with Crippen LogP contribution in [0.2, 0.25) is 10.0 Å². The van der Waals surface area contributed by atoms with Crippen LogP contribution in [0.5, 0.6) is 0 Å². The number of hydrogen-bond donors (Lipinski definition) is 1. The van der Waals surface area contributed by atoms with Crippen LogP contribution < -0.4 is 9.89 Å². The second kappa shape index (κ2) is 8.95. The fourth-order valence-electron chi connectivity index (χ4n) is 3.14. The van der Waals surface area contributed by atoms with E-state index >= 15 is 0 Å². The highest BCUT2D eigenvalue weighted by Crippen LogP contribution is 2.30. The number of anilines is 1. The largest absolute Gasteiger partial charge is 0.292 e. The van der Waals surface area contributed by atoms with Crippen molar-refractivity contribution < 1.29 is 0 Å². The zero-order valence-electron chi connectivity index (χ0n) is 15.6. The molecular formula is C25H19Cl2N2+. The molecule has 0 aliphatic carbocycles. The molecule has 0 radical (unpaired) electrons. The van der Waals surface area contributed by atoms with Crippen molar-refractivity contribution in [2.45, 2.75) is 0 Å². The summed E-state index contributed by atoms with van der Waals surface area (Å²) in [4.78, 5) is 0. The van der Waals surface area contributed by atoms with E-state index in [1.165, 1.54) is 0 Å². The molecule has 0 heterocycles. The van der Waals surface area contributed by atoms with Crippen LogP contribution in [0.15, 0.2) is 109 Å². The van der Waals surface area contributed by atoms with Crippen LogP contribution in [0.3, 0.4) is 0 Å². The third-order valence-corrected chi connectivity index (χ3v) is 5.15. The summed E-state index contributed by atoms with van der Waals surface area (Å²) in [5.74, 6) is 0.859. The van der Waals surface area contributed by atoms with Gasteiger partial charge in [0.15, 0.2) is 5.69 Å². The standard InChI is InChI=1S/C25H18Cl2N2/c26-21-15-7-9-17-23(21)28-25(19-11-3-1-4-12-19)29(20-13-5-2-6-14-20)24-18-10-8-16-22(24)27/h1-18H/p+1. The van der Waals surface area contributed by atoms with Crippen molar-refractivity contribution in [3.05, 3.63) is 125 Å². The average Bonchev–Trinajstić information content (AvgIpc) is 2.77. The topological polar surface area (TPSA) is 15.0 Å². The number of rotatable bonds is 4. The zero-order chi connectivity index (χ0) is 20.1. The molecule has 29 heavy (non-hydrogen) atoms. The maximum absolute atomic E-state index is 6.63. The van der Waals surface area contributed by atoms with Crippen molar-refractivity contribution in [1.82, 2.24) is 4.58 Å². The third kappa shape index (κ3) is 4.34. The first-order chi connectivity index (χ1) is 14.2. The molecule has 0 spiro atoms. The quantitative estimate of drug-likeness (QED) is 0.207. The summed E-state index contributed by atoms with van der Waals surface area (Å²) >= 11 is 13.1. The first-order valence-electron chi connectivity index (χ1n) is 9.27. The SMILES string of the molecule is Clc1ccccc1NC(c1ccccc1)=[N+](c1ccccc1)c1ccccc1Cl. The van der Waals surface area contributed by atoms with E-state index in [0.29, 0.717) is 10.0 Å². The summed E-state index contributed by atoms with van der Waals surface area (Å²) in [7, 11) is 0. The second-order valence-corrected chi connectivity index (χ2v) is 7.26. The molecule has 0 aromatic heterocycles. The van der Waals surface area contributed by atoms with Crippen molar-refractivity contribution in [3.8, 4) is 0 Å². The van der Waals surface area contributed by atoms with Gasteiger partial charge in [-0.05, 0) is 48.5 Å². The molecule has 0 amide bonds. The van der Waals surface area contributed by atoms with Crippen LogP contribution in [0.4, 0.5) is 17.1 Å². The van der Waals surface area contributed by atoms with Gasteiger partial charge in [0.25, 0.3) is 5.84 Å². The number of para-hydroxylation sites is 3. The zero-order valence-corrected chi connectivity index (χ0v) is 17.1. The number of halogens is 2. The molecule has 2 nitrogen and oxygen atoms in total. The second-order valence-electron chi connectivity index (χ2n) is 6.44. The lowest BCUT2D eigenvalue weighted by Gasteiger charge is -2.15. The van der Waals surface area contributed by atoms with Gasteiger partial charge in [-0.15, -0.1) is 0 Å². The van der Waals surface area contributed by atoms with E-state index in [1.54, 1.807) is 0 Å². The summed E-state index contributed by atoms with van der Waals surface area (Å²) in [6.07, 6.45) is 0. The summed E-state index contributed by atoms with van der Waals surface area (Å²) in [6.45, 7) is 0. The predicted octanol–water partition coefficient (Wildman–Crippen LogP) is 7.39. The fraction of sp³-hybridized carbons (Fsp3) is 0. The predicted molar refractivity (Wildman–Crippen MR) is 125 cm³/mol. The minimum Gasteiger partial charge on any atom is -0.238 e. The van der Waals surface area contributed by atoms with E-state index in [2.05, 4.69) is 34.2 Å². The monoisotopic (exact) mass is 417 g/mol. The molecular weight excluding hydrogens is 399 g/mol. The molecule has 0 unspecified atom stereocenters. The smallest absolute Gasteiger partial charge is 0.238 e. The van der Waals surface area contributed by atoms with Crippen molar-refractivity contribution >= 4 is 46.1 Å². The Labute approximate surface area is 180 Å². The summed E-state index contributed by atoms with van der Waals surface area (Å²) in [5, 5.41) is 4.84. The lowest BCUT2D eigenvalue weighted by molar-refractivity contribution is 1.07. The van der Waals surface area contributed by atoms with Gasteiger partial charge < -0.3 is 0 Å². The summed E-state index contributed by atoms with van der Waals surface area (Å²) in [5.41, 5.74) is 3.69. The van der Waals surface area contributed by atoms with Crippen LogP contribution in [-0.4, -0.2) is 5.84 Å². The van der Waals surface area contributed by atoms with Gasteiger partial charge in [-0.2, -0.15) is 4.58 Å². The van der Waals surface area contributed by atoms with Crippen LogP contribution in [0.25, 0.3) is 0 Å². The summed E-state index contributed by atoms with van der Waals surface area (Å²) in [6, 6.07) is 35.8. The highest BCUT2D eigenvalue weighted by atomic mass is 35.5. The van der Waals surface area contributed by atoms with E-state index in [9.17, 15) is 0 Å². The van der Waals surface area contributed by atoms with Crippen molar-refractivity contribution in [1.29, 1.82) is 0 Å². The Bertz CT molecular complexity index is 1140. The van der Waals surface area contributed by atoms with Crippen LogP contribution in [0, 0.1) is 0 Å². The number of nitrogens with zero attached hydrogens (tertiary/aromatic N) is 1. The molecule has 4 aromatic rings. The molecule has 0 aliphatic rings. The lowest BCUT2D eigenvalue weighted by Crippen LogP contribution is -2.26. The number of amidine groups is 1.